The Morgan fingerprint density at radius 2 is 2.16 bits per heavy atom. The van der Waals surface area contributed by atoms with Crippen molar-refractivity contribution in [3.8, 4) is 0 Å². The van der Waals surface area contributed by atoms with Crippen molar-refractivity contribution in [1.82, 2.24) is 4.98 Å². The molecule has 1 saturated carbocycles. The third-order valence-electron chi connectivity index (χ3n) is 3.99. The van der Waals surface area contributed by atoms with Crippen LogP contribution in [-0.4, -0.2) is 17.7 Å². The van der Waals surface area contributed by atoms with Crippen molar-refractivity contribution in [1.29, 1.82) is 0 Å². The van der Waals surface area contributed by atoms with Gasteiger partial charge in [0.15, 0.2) is 0 Å². The van der Waals surface area contributed by atoms with Crippen LogP contribution in [-0.2, 0) is 4.74 Å². The van der Waals surface area contributed by atoms with Gasteiger partial charge in [-0.1, -0.05) is 19.3 Å². The van der Waals surface area contributed by atoms with Crippen LogP contribution in [0.5, 0.6) is 0 Å². The van der Waals surface area contributed by atoms with Crippen LogP contribution in [0.3, 0.4) is 0 Å². The molecular weight excluding hydrogens is 243 g/mol. The molecule has 3 nitrogen and oxygen atoms in total. The smallest absolute Gasteiger partial charge is 0.146 e. The average molecular weight is 266 g/mol. The van der Waals surface area contributed by atoms with Crippen molar-refractivity contribution < 1.29 is 9.13 Å². The van der Waals surface area contributed by atoms with E-state index in [0.29, 0.717) is 18.1 Å². The number of nitrogens with zero attached hydrogens (tertiary/aromatic N) is 1. The van der Waals surface area contributed by atoms with Gasteiger partial charge in [-0.05, 0) is 31.7 Å². The minimum Gasteiger partial charge on any atom is -0.376 e. The molecule has 2 atom stereocenters. The molecule has 2 rings (SSSR count). The van der Waals surface area contributed by atoms with Crippen molar-refractivity contribution in [2.24, 2.45) is 11.7 Å². The maximum atomic E-state index is 13.8. The second-order valence-electron chi connectivity index (χ2n) is 5.24. The van der Waals surface area contributed by atoms with Gasteiger partial charge in [-0.2, -0.15) is 0 Å². The molecule has 1 aromatic rings. The summed E-state index contributed by atoms with van der Waals surface area (Å²) >= 11 is 0. The molecule has 1 aromatic heterocycles. The SMILES string of the molecule is CCOC(C1CCCCC1)C(N)c1ccncc1F. The maximum Gasteiger partial charge on any atom is 0.146 e. The van der Waals surface area contributed by atoms with E-state index < -0.39 is 6.04 Å². The number of pyridine rings is 1. The lowest BCUT2D eigenvalue weighted by molar-refractivity contribution is -0.0105. The predicted molar refractivity (Wildman–Crippen MR) is 73.1 cm³/mol. The van der Waals surface area contributed by atoms with E-state index in [1.807, 2.05) is 6.92 Å². The first-order valence-electron chi connectivity index (χ1n) is 7.20. The molecule has 19 heavy (non-hydrogen) atoms. The summed E-state index contributed by atoms with van der Waals surface area (Å²) in [5.74, 6) is 0.103. The largest absolute Gasteiger partial charge is 0.376 e. The van der Waals surface area contributed by atoms with Crippen molar-refractivity contribution in [3.05, 3.63) is 29.8 Å². The Morgan fingerprint density at radius 1 is 1.42 bits per heavy atom. The highest BCUT2D eigenvalue weighted by Crippen LogP contribution is 2.33. The van der Waals surface area contributed by atoms with Crippen molar-refractivity contribution in [2.45, 2.75) is 51.2 Å². The van der Waals surface area contributed by atoms with Gasteiger partial charge in [-0.25, -0.2) is 4.39 Å². The van der Waals surface area contributed by atoms with Crippen LogP contribution in [0.2, 0.25) is 0 Å². The van der Waals surface area contributed by atoms with Gasteiger partial charge >= 0.3 is 0 Å². The number of rotatable bonds is 5. The summed E-state index contributed by atoms with van der Waals surface area (Å²) in [5, 5.41) is 0. The quantitative estimate of drug-likeness (QED) is 0.890. The highest BCUT2D eigenvalue weighted by atomic mass is 19.1. The number of ether oxygens (including phenoxy) is 1. The molecule has 2 unspecified atom stereocenters. The first-order valence-corrected chi connectivity index (χ1v) is 7.20. The molecule has 0 amide bonds. The third-order valence-corrected chi connectivity index (χ3v) is 3.99. The van der Waals surface area contributed by atoms with Crippen LogP contribution < -0.4 is 5.73 Å². The van der Waals surface area contributed by atoms with Gasteiger partial charge in [0.05, 0.1) is 18.3 Å². The van der Waals surface area contributed by atoms with E-state index in [9.17, 15) is 4.39 Å². The Morgan fingerprint density at radius 3 is 2.79 bits per heavy atom. The lowest BCUT2D eigenvalue weighted by atomic mass is 9.81. The fraction of sp³-hybridized carbons (Fsp3) is 0.667. The molecule has 4 heteroatoms. The molecular formula is C15H23FN2O. The Kier molecular flexibility index (Phi) is 5.28. The first kappa shape index (κ1) is 14.4. The van der Waals surface area contributed by atoms with Crippen molar-refractivity contribution in [2.75, 3.05) is 6.61 Å². The Labute approximate surface area is 114 Å². The number of hydrogen-bond acceptors (Lipinski definition) is 3. The molecule has 0 bridgehead atoms. The predicted octanol–water partition coefficient (Wildman–Crippen LogP) is 3.21. The molecule has 106 valence electrons. The molecule has 0 radical (unpaired) electrons. The monoisotopic (exact) mass is 266 g/mol. The van der Waals surface area contributed by atoms with Crippen molar-refractivity contribution >= 4 is 0 Å². The normalized spacial score (nSPS) is 20.2. The van der Waals surface area contributed by atoms with E-state index in [-0.39, 0.29) is 11.9 Å². The number of nitrogens with two attached hydrogens (primary N) is 1. The fourth-order valence-corrected chi connectivity index (χ4v) is 3.02. The second kappa shape index (κ2) is 6.96. The van der Waals surface area contributed by atoms with Crippen LogP contribution in [0.1, 0.15) is 50.6 Å². The van der Waals surface area contributed by atoms with Gasteiger partial charge in [-0.15, -0.1) is 0 Å². The Hall–Kier alpha value is -1.00. The summed E-state index contributed by atoms with van der Waals surface area (Å²) in [5.41, 5.74) is 6.78. The molecule has 1 aliphatic rings. The molecule has 0 saturated heterocycles. The zero-order valence-corrected chi connectivity index (χ0v) is 11.5. The standard InChI is InChI=1S/C15H23FN2O/c1-2-19-15(11-6-4-3-5-7-11)14(17)12-8-9-18-10-13(12)16/h8-11,14-15H,2-7,17H2,1H3. The molecule has 0 aliphatic heterocycles. The van der Waals surface area contributed by atoms with Crippen LogP contribution in [0.25, 0.3) is 0 Å². The number of halogens is 1. The lowest BCUT2D eigenvalue weighted by Crippen LogP contribution is -2.37. The summed E-state index contributed by atoms with van der Waals surface area (Å²) in [7, 11) is 0. The number of aromatic nitrogens is 1. The van der Waals surface area contributed by atoms with Gasteiger partial charge in [0.1, 0.15) is 5.82 Å². The molecule has 1 aliphatic carbocycles. The summed E-state index contributed by atoms with van der Waals surface area (Å²) in [4.78, 5) is 3.77. The molecule has 0 spiro atoms. The molecule has 2 N–H and O–H groups in total. The van der Waals surface area contributed by atoms with Crippen LogP contribution in [0.4, 0.5) is 4.39 Å². The molecule has 1 fully saturated rings. The van der Waals surface area contributed by atoms with E-state index in [0.717, 1.165) is 12.8 Å². The van der Waals surface area contributed by atoms with E-state index in [1.54, 1.807) is 12.3 Å². The van der Waals surface area contributed by atoms with Crippen LogP contribution in [0, 0.1) is 11.7 Å². The summed E-state index contributed by atoms with van der Waals surface area (Å²) < 4.78 is 19.7. The van der Waals surface area contributed by atoms with E-state index >= 15 is 0 Å². The zero-order valence-electron chi connectivity index (χ0n) is 11.5. The van der Waals surface area contributed by atoms with Gasteiger partial charge < -0.3 is 10.5 Å². The topological polar surface area (TPSA) is 48.1 Å². The fourth-order valence-electron chi connectivity index (χ4n) is 3.02. The van der Waals surface area contributed by atoms with Crippen LogP contribution >= 0.6 is 0 Å². The summed E-state index contributed by atoms with van der Waals surface area (Å²) in [6, 6.07) is 1.25. The van der Waals surface area contributed by atoms with Gasteiger partial charge in [0.2, 0.25) is 0 Å². The van der Waals surface area contributed by atoms with Gasteiger partial charge in [0, 0.05) is 18.4 Å². The average Bonchev–Trinajstić information content (AvgIpc) is 2.45. The maximum absolute atomic E-state index is 13.8. The van der Waals surface area contributed by atoms with E-state index in [2.05, 4.69) is 4.98 Å². The highest BCUT2D eigenvalue weighted by molar-refractivity contribution is 5.18. The minimum absolute atomic E-state index is 0.0952. The van der Waals surface area contributed by atoms with Gasteiger partial charge in [0.25, 0.3) is 0 Å². The minimum atomic E-state index is -0.411. The van der Waals surface area contributed by atoms with E-state index in [1.165, 1.54) is 25.5 Å². The lowest BCUT2D eigenvalue weighted by Gasteiger charge is -2.34. The third kappa shape index (κ3) is 3.51. The van der Waals surface area contributed by atoms with Crippen LogP contribution in [0.15, 0.2) is 18.5 Å². The summed E-state index contributed by atoms with van der Waals surface area (Å²) in [6.07, 6.45) is 8.70. The Bertz CT molecular complexity index is 393. The second-order valence-corrected chi connectivity index (χ2v) is 5.24. The van der Waals surface area contributed by atoms with Crippen molar-refractivity contribution in [3.63, 3.8) is 0 Å². The highest BCUT2D eigenvalue weighted by Gasteiger charge is 2.31. The zero-order chi connectivity index (χ0) is 13.7. The molecule has 1 heterocycles. The van der Waals surface area contributed by atoms with E-state index in [4.69, 9.17) is 10.5 Å². The number of hydrogen-bond donors (Lipinski definition) is 1. The Balaban J connectivity index is 2.15. The molecule has 0 aromatic carbocycles. The first-order chi connectivity index (χ1) is 9.24. The summed E-state index contributed by atoms with van der Waals surface area (Å²) in [6.45, 7) is 2.58. The van der Waals surface area contributed by atoms with Gasteiger partial charge in [-0.3, -0.25) is 4.98 Å².